The Morgan fingerprint density at radius 3 is 2.59 bits per heavy atom. The van der Waals surface area contributed by atoms with Crippen molar-refractivity contribution in [3.05, 3.63) is 28.7 Å². The zero-order valence-electron chi connectivity index (χ0n) is 9.74. The van der Waals surface area contributed by atoms with Gasteiger partial charge in [0.2, 0.25) is 10.0 Å². The van der Waals surface area contributed by atoms with Gasteiger partial charge >= 0.3 is 0 Å². The van der Waals surface area contributed by atoms with E-state index >= 15 is 0 Å². The van der Waals surface area contributed by atoms with Gasteiger partial charge in [-0.15, -0.1) is 0 Å². The number of benzene rings is 1. The number of rotatable bonds is 7. The van der Waals surface area contributed by atoms with Gasteiger partial charge in [0.15, 0.2) is 0 Å². The van der Waals surface area contributed by atoms with Gasteiger partial charge in [-0.25, -0.2) is 8.42 Å². The number of para-hydroxylation sites is 1. The molecule has 0 aromatic heterocycles. The SMILES string of the molecule is CCCNCCS(=O)(=O)Nc1ccccc1Br. The first-order valence-electron chi connectivity index (χ1n) is 5.51. The van der Waals surface area contributed by atoms with E-state index in [9.17, 15) is 8.42 Å². The topological polar surface area (TPSA) is 58.2 Å². The summed E-state index contributed by atoms with van der Waals surface area (Å²) in [5, 5.41) is 3.06. The molecular formula is C11H17BrN2O2S. The number of anilines is 1. The second-order valence-corrected chi connectivity index (χ2v) is 6.35. The van der Waals surface area contributed by atoms with Crippen LogP contribution in [0.25, 0.3) is 0 Å². The molecule has 0 aliphatic rings. The molecule has 0 bridgehead atoms. The molecule has 1 rings (SSSR count). The molecule has 0 aliphatic heterocycles. The van der Waals surface area contributed by atoms with Crippen LogP contribution in [0.2, 0.25) is 0 Å². The minimum atomic E-state index is -3.28. The molecule has 6 heteroatoms. The van der Waals surface area contributed by atoms with Crippen molar-refractivity contribution in [2.75, 3.05) is 23.6 Å². The highest BCUT2D eigenvalue weighted by molar-refractivity contribution is 9.10. The molecule has 0 amide bonds. The number of sulfonamides is 1. The summed E-state index contributed by atoms with van der Waals surface area (Å²) in [6, 6.07) is 7.15. The van der Waals surface area contributed by atoms with Gasteiger partial charge in [-0.05, 0) is 41.0 Å². The monoisotopic (exact) mass is 320 g/mol. The van der Waals surface area contributed by atoms with E-state index in [1.165, 1.54) is 0 Å². The van der Waals surface area contributed by atoms with E-state index in [-0.39, 0.29) is 5.75 Å². The van der Waals surface area contributed by atoms with Gasteiger partial charge in [0.05, 0.1) is 11.4 Å². The van der Waals surface area contributed by atoms with Gasteiger partial charge < -0.3 is 5.32 Å². The summed E-state index contributed by atoms with van der Waals surface area (Å²) in [7, 11) is -3.28. The maximum atomic E-state index is 11.7. The second kappa shape index (κ2) is 6.98. The van der Waals surface area contributed by atoms with Gasteiger partial charge in [0.25, 0.3) is 0 Å². The van der Waals surface area contributed by atoms with Crippen LogP contribution in [0.1, 0.15) is 13.3 Å². The predicted octanol–water partition coefficient (Wildman–Crippen LogP) is 2.19. The summed E-state index contributed by atoms with van der Waals surface area (Å²) in [5.74, 6) is 0.0777. The minimum absolute atomic E-state index is 0.0777. The number of hydrogen-bond acceptors (Lipinski definition) is 3. The van der Waals surface area contributed by atoms with Gasteiger partial charge in [-0.1, -0.05) is 19.1 Å². The molecule has 0 saturated heterocycles. The summed E-state index contributed by atoms with van der Waals surface area (Å²) in [6.07, 6.45) is 0.998. The number of halogens is 1. The third-order valence-corrected chi connectivity index (χ3v) is 4.08. The maximum Gasteiger partial charge on any atom is 0.234 e. The van der Waals surface area contributed by atoms with Crippen molar-refractivity contribution in [2.45, 2.75) is 13.3 Å². The Morgan fingerprint density at radius 2 is 1.94 bits per heavy atom. The molecule has 1 aromatic carbocycles. The molecule has 0 unspecified atom stereocenters. The van der Waals surface area contributed by atoms with E-state index < -0.39 is 10.0 Å². The highest BCUT2D eigenvalue weighted by atomic mass is 79.9. The molecule has 0 spiro atoms. The fraction of sp³-hybridized carbons (Fsp3) is 0.455. The summed E-state index contributed by atoms with van der Waals surface area (Å²) in [5.41, 5.74) is 0.572. The van der Waals surface area contributed by atoms with Crippen molar-refractivity contribution < 1.29 is 8.42 Å². The van der Waals surface area contributed by atoms with Crippen LogP contribution < -0.4 is 10.0 Å². The van der Waals surface area contributed by atoms with Crippen molar-refractivity contribution in [3.63, 3.8) is 0 Å². The molecular weight excluding hydrogens is 304 g/mol. The van der Waals surface area contributed by atoms with Crippen molar-refractivity contribution in [2.24, 2.45) is 0 Å². The maximum absolute atomic E-state index is 11.7. The zero-order valence-corrected chi connectivity index (χ0v) is 12.1. The first-order valence-corrected chi connectivity index (χ1v) is 7.95. The second-order valence-electron chi connectivity index (χ2n) is 3.65. The van der Waals surface area contributed by atoms with Crippen LogP contribution in [0, 0.1) is 0 Å². The van der Waals surface area contributed by atoms with E-state index in [0.29, 0.717) is 12.2 Å². The average Bonchev–Trinajstić information content (AvgIpc) is 2.28. The van der Waals surface area contributed by atoms with Crippen molar-refractivity contribution in [1.29, 1.82) is 0 Å². The van der Waals surface area contributed by atoms with Crippen molar-refractivity contribution >= 4 is 31.6 Å². The molecule has 1 aromatic rings. The Bertz CT molecular complexity index is 449. The van der Waals surface area contributed by atoms with E-state index in [0.717, 1.165) is 17.4 Å². The molecule has 0 radical (unpaired) electrons. The van der Waals surface area contributed by atoms with Crippen molar-refractivity contribution in [1.82, 2.24) is 5.32 Å². The summed E-state index contributed by atoms with van der Waals surface area (Å²) in [6.45, 7) is 3.35. The smallest absolute Gasteiger partial charge is 0.234 e. The van der Waals surface area contributed by atoms with Gasteiger partial charge in [0, 0.05) is 11.0 Å². The fourth-order valence-electron chi connectivity index (χ4n) is 1.27. The Balaban J connectivity index is 2.52. The zero-order chi connectivity index (χ0) is 12.7. The molecule has 96 valence electrons. The van der Waals surface area contributed by atoms with Crippen molar-refractivity contribution in [3.8, 4) is 0 Å². The van der Waals surface area contributed by atoms with Gasteiger partial charge in [-0.2, -0.15) is 0 Å². The third kappa shape index (κ3) is 5.52. The molecule has 0 heterocycles. The first kappa shape index (κ1) is 14.5. The molecule has 0 atom stereocenters. The Kier molecular flexibility index (Phi) is 5.94. The third-order valence-electron chi connectivity index (χ3n) is 2.11. The van der Waals surface area contributed by atoms with Crippen LogP contribution in [0.15, 0.2) is 28.7 Å². The highest BCUT2D eigenvalue weighted by Crippen LogP contribution is 2.22. The van der Waals surface area contributed by atoms with Gasteiger partial charge in [0.1, 0.15) is 0 Å². The van der Waals surface area contributed by atoms with Crippen LogP contribution >= 0.6 is 15.9 Å². The molecule has 17 heavy (non-hydrogen) atoms. The molecule has 0 fully saturated rings. The quantitative estimate of drug-likeness (QED) is 0.757. The van der Waals surface area contributed by atoms with Crippen LogP contribution in [-0.2, 0) is 10.0 Å². The lowest BCUT2D eigenvalue weighted by Crippen LogP contribution is -2.27. The lowest BCUT2D eigenvalue weighted by Gasteiger charge is -2.09. The first-order chi connectivity index (χ1) is 8.05. The Morgan fingerprint density at radius 1 is 1.24 bits per heavy atom. The highest BCUT2D eigenvalue weighted by Gasteiger charge is 2.11. The van der Waals surface area contributed by atoms with E-state index in [4.69, 9.17) is 0 Å². The minimum Gasteiger partial charge on any atom is -0.316 e. The summed E-state index contributed by atoms with van der Waals surface area (Å²) in [4.78, 5) is 0. The van der Waals surface area contributed by atoms with E-state index in [1.807, 2.05) is 13.0 Å². The number of hydrogen-bond donors (Lipinski definition) is 2. The Hall–Kier alpha value is -0.590. The normalized spacial score (nSPS) is 11.4. The Labute approximate surface area is 111 Å². The summed E-state index contributed by atoms with van der Waals surface area (Å²) < 4.78 is 26.8. The lowest BCUT2D eigenvalue weighted by atomic mass is 10.3. The summed E-state index contributed by atoms with van der Waals surface area (Å²) >= 11 is 3.30. The predicted molar refractivity (Wildman–Crippen MR) is 74.7 cm³/mol. The lowest BCUT2D eigenvalue weighted by molar-refractivity contribution is 0.595. The molecule has 4 nitrogen and oxygen atoms in total. The van der Waals surface area contributed by atoms with E-state index in [2.05, 4.69) is 26.0 Å². The number of nitrogens with one attached hydrogen (secondary N) is 2. The molecule has 0 aliphatic carbocycles. The standard InChI is InChI=1S/C11H17BrN2O2S/c1-2-7-13-8-9-17(15,16)14-11-6-4-3-5-10(11)12/h3-6,13-14H,2,7-9H2,1H3. The molecule has 2 N–H and O–H groups in total. The largest absolute Gasteiger partial charge is 0.316 e. The van der Waals surface area contributed by atoms with Crippen LogP contribution in [0.3, 0.4) is 0 Å². The van der Waals surface area contributed by atoms with Crippen LogP contribution in [0.4, 0.5) is 5.69 Å². The van der Waals surface area contributed by atoms with Crippen LogP contribution in [-0.4, -0.2) is 27.3 Å². The van der Waals surface area contributed by atoms with Crippen LogP contribution in [0.5, 0.6) is 0 Å². The molecule has 0 saturated carbocycles. The fourth-order valence-corrected chi connectivity index (χ4v) is 2.81. The van der Waals surface area contributed by atoms with Gasteiger partial charge in [-0.3, -0.25) is 4.72 Å². The average molecular weight is 321 g/mol. The van der Waals surface area contributed by atoms with E-state index in [1.54, 1.807) is 18.2 Å².